The lowest BCUT2D eigenvalue weighted by Crippen LogP contribution is -2.47. The summed E-state index contributed by atoms with van der Waals surface area (Å²) in [6.45, 7) is 2.33. The van der Waals surface area contributed by atoms with Crippen LogP contribution in [0.1, 0.15) is 12.8 Å². The van der Waals surface area contributed by atoms with Crippen LogP contribution in [0.15, 0.2) is 35.2 Å². The zero-order valence-electron chi connectivity index (χ0n) is 14.3. The van der Waals surface area contributed by atoms with E-state index in [2.05, 4.69) is 4.90 Å². The molecule has 0 unspecified atom stereocenters. The summed E-state index contributed by atoms with van der Waals surface area (Å²) < 4.78 is 27.7. The molecule has 132 valence electrons. The maximum atomic E-state index is 13.0. The monoisotopic (exact) mass is 351 g/mol. The first-order chi connectivity index (χ1) is 11.4. The molecule has 2 atom stereocenters. The van der Waals surface area contributed by atoms with E-state index in [4.69, 9.17) is 0 Å². The molecule has 3 heterocycles. The van der Waals surface area contributed by atoms with Gasteiger partial charge in [0.1, 0.15) is 0 Å². The molecule has 3 fully saturated rings. The van der Waals surface area contributed by atoms with Crippen LogP contribution in [0.2, 0.25) is 0 Å². The number of hydrogen-bond donors (Lipinski definition) is 0. The maximum Gasteiger partial charge on any atom is 0.243 e. The third-order valence-electron chi connectivity index (χ3n) is 4.95. The SMILES string of the molecule is CN(C)C(=O)CN1C[C@@H]2CC[C@H](C1)N(S(=O)(=O)c1ccccc1)C2. The molecule has 0 radical (unpaired) electrons. The van der Waals surface area contributed by atoms with Crippen molar-refractivity contribution in [3.05, 3.63) is 30.3 Å². The predicted molar refractivity (Wildman–Crippen MR) is 92.0 cm³/mol. The van der Waals surface area contributed by atoms with Gasteiger partial charge in [0.25, 0.3) is 0 Å². The van der Waals surface area contributed by atoms with Gasteiger partial charge in [-0.15, -0.1) is 0 Å². The van der Waals surface area contributed by atoms with Crippen molar-refractivity contribution in [2.45, 2.75) is 23.8 Å². The molecule has 3 aliphatic rings. The van der Waals surface area contributed by atoms with Gasteiger partial charge in [0.2, 0.25) is 15.9 Å². The van der Waals surface area contributed by atoms with Gasteiger partial charge >= 0.3 is 0 Å². The molecule has 1 aromatic carbocycles. The first-order valence-corrected chi connectivity index (χ1v) is 9.81. The van der Waals surface area contributed by atoms with Crippen LogP contribution in [0, 0.1) is 5.92 Å². The number of carbonyl (C=O) groups excluding carboxylic acids is 1. The molecule has 0 aliphatic carbocycles. The molecule has 1 amide bonds. The number of piperidine rings is 1. The fourth-order valence-electron chi connectivity index (χ4n) is 3.62. The Kier molecular flexibility index (Phi) is 4.94. The van der Waals surface area contributed by atoms with Crippen LogP contribution >= 0.6 is 0 Å². The second-order valence-corrected chi connectivity index (χ2v) is 8.86. The summed E-state index contributed by atoms with van der Waals surface area (Å²) in [5.74, 6) is 0.353. The van der Waals surface area contributed by atoms with E-state index in [0.717, 1.165) is 19.4 Å². The normalized spacial score (nSPS) is 25.4. The number of benzene rings is 1. The lowest BCUT2D eigenvalue weighted by atomic mass is 9.97. The Morgan fingerprint density at radius 2 is 1.83 bits per heavy atom. The standard InChI is InChI=1S/C17H25N3O3S/c1-18(2)17(21)13-19-10-14-8-9-15(12-19)20(11-14)24(22,23)16-6-4-3-5-7-16/h3-7,14-15H,8-13H2,1-2H3/t14-,15+/m0/s1. The Morgan fingerprint density at radius 1 is 1.12 bits per heavy atom. The Morgan fingerprint density at radius 3 is 2.50 bits per heavy atom. The van der Waals surface area contributed by atoms with Gasteiger partial charge in [0.05, 0.1) is 11.4 Å². The highest BCUT2D eigenvalue weighted by Gasteiger charge is 2.41. The van der Waals surface area contributed by atoms with Gasteiger partial charge in [-0.1, -0.05) is 18.2 Å². The molecule has 0 spiro atoms. The van der Waals surface area contributed by atoms with Crippen molar-refractivity contribution in [2.24, 2.45) is 5.92 Å². The van der Waals surface area contributed by atoms with E-state index >= 15 is 0 Å². The summed E-state index contributed by atoms with van der Waals surface area (Å²) in [5, 5.41) is 0. The van der Waals surface area contributed by atoms with Gasteiger partial charge in [0.15, 0.2) is 0 Å². The van der Waals surface area contributed by atoms with Crippen LogP contribution in [0.3, 0.4) is 0 Å². The molecular weight excluding hydrogens is 326 g/mol. The number of nitrogens with zero attached hydrogens (tertiary/aromatic N) is 3. The number of amides is 1. The van der Waals surface area contributed by atoms with Crippen molar-refractivity contribution in [3.8, 4) is 0 Å². The lowest BCUT2D eigenvalue weighted by molar-refractivity contribution is -0.129. The van der Waals surface area contributed by atoms with Crippen LogP contribution in [0.25, 0.3) is 0 Å². The second kappa shape index (κ2) is 6.82. The molecule has 0 saturated carbocycles. The van der Waals surface area contributed by atoms with Crippen molar-refractivity contribution in [3.63, 3.8) is 0 Å². The van der Waals surface area contributed by atoms with E-state index in [1.165, 1.54) is 0 Å². The summed E-state index contributed by atoms with van der Waals surface area (Å²) >= 11 is 0. The minimum atomic E-state index is -3.47. The van der Waals surface area contributed by atoms with Crippen LogP contribution in [0.5, 0.6) is 0 Å². The number of fused-ring (bicyclic) bond motifs is 4. The molecule has 24 heavy (non-hydrogen) atoms. The minimum Gasteiger partial charge on any atom is -0.348 e. The predicted octanol–water partition coefficient (Wildman–Crippen LogP) is 0.860. The van der Waals surface area contributed by atoms with Crippen molar-refractivity contribution in [1.29, 1.82) is 0 Å². The minimum absolute atomic E-state index is 0.0519. The lowest BCUT2D eigenvalue weighted by Gasteiger charge is -2.35. The smallest absolute Gasteiger partial charge is 0.243 e. The fraction of sp³-hybridized carbons (Fsp3) is 0.588. The largest absolute Gasteiger partial charge is 0.348 e. The van der Waals surface area contributed by atoms with Gasteiger partial charge < -0.3 is 4.90 Å². The van der Waals surface area contributed by atoms with Crippen LogP contribution < -0.4 is 0 Å². The average Bonchev–Trinajstić information content (AvgIpc) is 2.86. The first-order valence-electron chi connectivity index (χ1n) is 8.37. The summed E-state index contributed by atoms with van der Waals surface area (Å²) in [5.41, 5.74) is 0. The highest BCUT2D eigenvalue weighted by Crippen LogP contribution is 2.32. The zero-order valence-corrected chi connectivity index (χ0v) is 15.1. The fourth-order valence-corrected chi connectivity index (χ4v) is 5.36. The summed E-state index contributed by atoms with van der Waals surface area (Å²) in [4.78, 5) is 16.1. The van der Waals surface area contributed by atoms with Gasteiger partial charge in [-0.25, -0.2) is 8.42 Å². The van der Waals surface area contributed by atoms with E-state index in [0.29, 0.717) is 24.5 Å². The van der Waals surface area contributed by atoms with E-state index in [-0.39, 0.29) is 17.9 Å². The van der Waals surface area contributed by atoms with E-state index in [9.17, 15) is 13.2 Å². The molecule has 3 aliphatic heterocycles. The van der Waals surface area contributed by atoms with Gasteiger partial charge in [-0.2, -0.15) is 4.31 Å². The average molecular weight is 351 g/mol. The summed E-state index contributed by atoms with van der Waals surface area (Å²) in [6, 6.07) is 8.59. The Balaban J connectivity index is 1.80. The molecule has 0 N–H and O–H groups in total. The Bertz CT molecular complexity index is 690. The highest BCUT2D eigenvalue weighted by atomic mass is 32.2. The van der Waals surface area contributed by atoms with Gasteiger partial charge in [-0.05, 0) is 30.9 Å². The van der Waals surface area contributed by atoms with Crippen molar-refractivity contribution in [1.82, 2.24) is 14.1 Å². The Labute approximate surface area is 144 Å². The zero-order chi connectivity index (χ0) is 17.3. The maximum absolute atomic E-state index is 13.0. The number of sulfonamides is 1. The molecular formula is C17H25N3O3S. The van der Waals surface area contributed by atoms with Crippen LogP contribution in [0.4, 0.5) is 0 Å². The van der Waals surface area contributed by atoms with Crippen molar-refractivity contribution >= 4 is 15.9 Å². The second-order valence-electron chi connectivity index (χ2n) is 6.97. The number of carbonyl (C=O) groups is 1. The summed E-state index contributed by atoms with van der Waals surface area (Å²) in [7, 11) is 0.0287. The van der Waals surface area contributed by atoms with Crippen LogP contribution in [-0.4, -0.2) is 74.7 Å². The first kappa shape index (κ1) is 17.4. The van der Waals surface area contributed by atoms with Crippen LogP contribution in [-0.2, 0) is 14.8 Å². The quantitative estimate of drug-likeness (QED) is 0.807. The third kappa shape index (κ3) is 3.48. The Hall–Kier alpha value is -1.44. The topological polar surface area (TPSA) is 60.9 Å². The molecule has 7 heteroatoms. The van der Waals surface area contributed by atoms with E-state index < -0.39 is 10.0 Å². The van der Waals surface area contributed by atoms with Gasteiger partial charge in [-0.3, -0.25) is 9.69 Å². The third-order valence-corrected chi connectivity index (χ3v) is 6.88. The molecule has 1 aromatic rings. The molecule has 3 saturated heterocycles. The van der Waals surface area contributed by atoms with E-state index in [1.54, 1.807) is 47.6 Å². The van der Waals surface area contributed by atoms with Crippen molar-refractivity contribution in [2.75, 3.05) is 40.3 Å². The number of likely N-dealkylation sites (N-methyl/N-ethyl adjacent to an activating group) is 1. The number of rotatable bonds is 4. The molecule has 6 nitrogen and oxygen atoms in total. The van der Waals surface area contributed by atoms with E-state index in [1.807, 2.05) is 6.07 Å². The molecule has 0 aromatic heterocycles. The molecule has 2 bridgehead atoms. The van der Waals surface area contributed by atoms with Gasteiger partial charge in [0, 0.05) is 39.8 Å². The molecule has 4 rings (SSSR count). The van der Waals surface area contributed by atoms with Crippen molar-refractivity contribution < 1.29 is 13.2 Å². The number of hydrogen-bond acceptors (Lipinski definition) is 4. The highest BCUT2D eigenvalue weighted by molar-refractivity contribution is 7.89. The summed E-state index contributed by atoms with van der Waals surface area (Å²) in [6.07, 6.45) is 1.89.